The molecule has 160 valence electrons. The summed E-state index contributed by atoms with van der Waals surface area (Å²) in [6, 6.07) is 20.9. The number of benzene rings is 2. The lowest BCUT2D eigenvalue weighted by Gasteiger charge is -2.09. The lowest BCUT2D eigenvalue weighted by Crippen LogP contribution is -2.12. The summed E-state index contributed by atoms with van der Waals surface area (Å²) < 4.78 is 34.7. The van der Waals surface area contributed by atoms with Crippen LogP contribution >= 0.6 is 11.3 Å². The number of sulfonamides is 1. The van der Waals surface area contributed by atoms with E-state index in [0.717, 1.165) is 16.1 Å². The van der Waals surface area contributed by atoms with Crippen LogP contribution in [-0.2, 0) is 10.0 Å². The van der Waals surface area contributed by atoms with E-state index in [1.807, 2.05) is 41.8 Å². The standard InChI is InChI=1S/C22H17N5O3S2/c1-30-17-8-10-18(11-9-17)32(28,29)26-16-6-4-15(5-7-16)19-12-13-21-23-24-22(27(21)25-19)20-3-2-14-31-20/h2-14,26H,1H3. The zero-order valence-electron chi connectivity index (χ0n) is 16.8. The Hall–Kier alpha value is -3.76. The lowest BCUT2D eigenvalue weighted by molar-refractivity contribution is 0.414. The number of hydrogen-bond donors (Lipinski definition) is 1. The Morgan fingerprint density at radius 3 is 2.41 bits per heavy atom. The molecule has 0 amide bonds. The topological polar surface area (TPSA) is 98.5 Å². The third-order valence-corrected chi connectivity index (χ3v) is 7.07. The zero-order chi connectivity index (χ0) is 22.1. The Morgan fingerprint density at radius 1 is 0.938 bits per heavy atom. The summed E-state index contributed by atoms with van der Waals surface area (Å²) >= 11 is 1.57. The first-order chi connectivity index (χ1) is 15.5. The third-order valence-electron chi connectivity index (χ3n) is 4.81. The molecule has 0 atom stereocenters. The fraction of sp³-hybridized carbons (Fsp3) is 0.0455. The van der Waals surface area contributed by atoms with Gasteiger partial charge in [0.05, 0.1) is 22.6 Å². The highest BCUT2D eigenvalue weighted by Gasteiger charge is 2.15. The Labute approximate surface area is 188 Å². The summed E-state index contributed by atoms with van der Waals surface area (Å²) in [6.07, 6.45) is 0. The second-order valence-electron chi connectivity index (χ2n) is 6.85. The molecule has 1 N–H and O–H groups in total. The van der Waals surface area contributed by atoms with Crippen molar-refractivity contribution >= 4 is 32.7 Å². The second kappa shape index (κ2) is 8.06. The number of fused-ring (bicyclic) bond motifs is 1. The summed E-state index contributed by atoms with van der Waals surface area (Å²) in [5, 5.41) is 15.1. The van der Waals surface area contributed by atoms with Gasteiger partial charge in [-0.3, -0.25) is 4.72 Å². The van der Waals surface area contributed by atoms with Gasteiger partial charge in [0.15, 0.2) is 11.5 Å². The average Bonchev–Trinajstić information content (AvgIpc) is 3.49. The summed E-state index contributed by atoms with van der Waals surface area (Å²) in [7, 11) is -2.18. The van der Waals surface area contributed by atoms with Crippen molar-refractivity contribution in [3.05, 3.63) is 78.2 Å². The van der Waals surface area contributed by atoms with Gasteiger partial charge in [0, 0.05) is 11.3 Å². The molecule has 0 aliphatic heterocycles. The third kappa shape index (κ3) is 3.81. The molecule has 0 radical (unpaired) electrons. The minimum atomic E-state index is -3.71. The number of thiophene rings is 1. The number of aromatic nitrogens is 4. The van der Waals surface area contributed by atoms with E-state index in [9.17, 15) is 8.42 Å². The molecule has 32 heavy (non-hydrogen) atoms. The molecule has 0 fully saturated rings. The first-order valence-corrected chi connectivity index (χ1v) is 11.9. The molecule has 2 aromatic carbocycles. The van der Waals surface area contributed by atoms with E-state index in [1.54, 1.807) is 40.1 Å². The van der Waals surface area contributed by atoms with Crippen LogP contribution in [0.1, 0.15) is 0 Å². The number of nitrogens with zero attached hydrogens (tertiary/aromatic N) is 4. The van der Waals surface area contributed by atoms with Gasteiger partial charge < -0.3 is 4.74 Å². The molecule has 0 aliphatic carbocycles. The van der Waals surface area contributed by atoms with Gasteiger partial charge >= 0.3 is 0 Å². The predicted molar refractivity (Wildman–Crippen MR) is 123 cm³/mol. The Balaban J connectivity index is 1.41. The van der Waals surface area contributed by atoms with Crippen molar-refractivity contribution in [2.24, 2.45) is 0 Å². The molecule has 10 heteroatoms. The van der Waals surface area contributed by atoms with E-state index in [4.69, 9.17) is 4.74 Å². The van der Waals surface area contributed by atoms with Crippen molar-refractivity contribution in [2.75, 3.05) is 11.8 Å². The van der Waals surface area contributed by atoms with Gasteiger partial charge in [-0.05, 0) is 60.0 Å². The van der Waals surface area contributed by atoms with Crippen molar-refractivity contribution in [3.63, 3.8) is 0 Å². The van der Waals surface area contributed by atoms with Crippen LogP contribution < -0.4 is 9.46 Å². The van der Waals surface area contributed by atoms with Gasteiger partial charge in [0.2, 0.25) is 0 Å². The number of hydrogen-bond acceptors (Lipinski definition) is 7. The second-order valence-corrected chi connectivity index (χ2v) is 9.48. The van der Waals surface area contributed by atoms with Gasteiger partial charge in [-0.25, -0.2) is 8.42 Å². The predicted octanol–water partition coefficient (Wildman–Crippen LogP) is 4.33. The van der Waals surface area contributed by atoms with Crippen LogP contribution in [-0.4, -0.2) is 35.3 Å². The van der Waals surface area contributed by atoms with Crippen LogP contribution in [0.5, 0.6) is 5.75 Å². The highest BCUT2D eigenvalue weighted by atomic mass is 32.2. The summed E-state index contributed by atoms with van der Waals surface area (Å²) in [4.78, 5) is 1.13. The van der Waals surface area contributed by atoms with Crippen LogP contribution in [0.25, 0.3) is 27.6 Å². The van der Waals surface area contributed by atoms with Crippen molar-refractivity contribution in [1.29, 1.82) is 0 Å². The molecule has 3 heterocycles. The van der Waals surface area contributed by atoms with Crippen molar-refractivity contribution < 1.29 is 13.2 Å². The van der Waals surface area contributed by atoms with E-state index in [0.29, 0.717) is 22.9 Å². The monoisotopic (exact) mass is 463 g/mol. The number of ether oxygens (including phenoxy) is 1. The van der Waals surface area contributed by atoms with E-state index in [-0.39, 0.29) is 4.90 Å². The molecule has 5 aromatic rings. The number of methoxy groups -OCH3 is 1. The van der Waals surface area contributed by atoms with Gasteiger partial charge in [0.1, 0.15) is 5.75 Å². The zero-order valence-corrected chi connectivity index (χ0v) is 18.5. The normalized spacial score (nSPS) is 11.5. The molecule has 0 spiro atoms. The minimum absolute atomic E-state index is 0.156. The SMILES string of the molecule is COc1ccc(S(=O)(=O)Nc2ccc(-c3ccc4nnc(-c5cccs5)n4n3)cc2)cc1. The molecule has 0 aliphatic rings. The molecule has 0 bridgehead atoms. The van der Waals surface area contributed by atoms with Crippen LogP contribution in [0.4, 0.5) is 5.69 Å². The average molecular weight is 464 g/mol. The molecule has 3 aromatic heterocycles. The molecule has 5 rings (SSSR count). The number of anilines is 1. The van der Waals surface area contributed by atoms with E-state index < -0.39 is 10.0 Å². The summed E-state index contributed by atoms with van der Waals surface area (Å²) in [5.41, 5.74) is 2.67. The fourth-order valence-electron chi connectivity index (χ4n) is 3.18. The van der Waals surface area contributed by atoms with Gasteiger partial charge in [-0.1, -0.05) is 18.2 Å². The Kier molecular flexibility index (Phi) is 5.08. The van der Waals surface area contributed by atoms with E-state index in [1.165, 1.54) is 19.2 Å². The molecular formula is C22H17N5O3S2. The van der Waals surface area contributed by atoms with Crippen molar-refractivity contribution in [1.82, 2.24) is 19.8 Å². The number of nitrogens with one attached hydrogen (secondary N) is 1. The van der Waals surface area contributed by atoms with E-state index >= 15 is 0 Å². The highest BCUT2D eigenvalue weighted by Crippen LogP contribution is 2.26. The molecule has 0 saturated heterocycles. The van der Waals surface area contributed by atoms with Gasteiger partial charge in [-0.15, -0.1) is 21.5 Å². The van der Waals surface area contributed by atoms with Gasteiger partial charge in [-0.2, -0.15) is 9.61 Å². The van der Waals surface area contributed by atoms with E-state index in [2.05, 4.69) is 20.0 Å². The molecular weight excluding hydrogens is 446 g/mol. The Morgan fingerprint density at radius 2 is 1.72 bits per heavy atom. The smallest absolute Gasteiger partial charge is 0.261 e. The largest absolute Gasteiger partial charge is 0.497 e. The van der Waals surface area contributed by atoms with Crippen LogP contribution in [0.3, 0.4) is 0 Å². The summed E-state index contributed by atoms with van der Waals surface area (Å²) in [5.74, 6) is 1.27. The quantitative estimate of drug-likeness (QED) is 0.402. The number of rotatable bonds is 6. The van der Waals surface area contributed by atoms with Gasteiger partial charge in [0.25, 0.3) is 10.0 Å². The fourth-order valence-corrected chi connectivity index (χ4v) is 4.93. The Bertz CT molecular complexity index is 1480. The van der Waals surface area contributed by atoms with Crippen molar-refractivity contribution in [2.45, 2.75) is 4.90 Å². The van der Waals surface area contributed by atoms with Crippen molar-refractivity contribution in [3.8, 4) is 27.7 Å². The van der Waals surface area contributed by atoms with Crippen LogP contribution in [0.2, 0.25) is 0 Å². The minimum Gasteiger partial charge on any atom is -0.497 e. The molecule has 0 saturated carbocycles. The summed E-state index contributed by atoms with van der Waals surface area (Å²) in [6.45, 7) is 0. The first-order valence-electron chi connectivity index (χ1n) is 9.57. The maximum Gasteiger partial charge on any atom is 0.261 e. The maximum atomic E-state index is 12.6. The lowest BCUT2D eigenvalue weighted by atomic mass is 10.1. The van der Waals surface area contributed by atoms with Crippen LogP contribution in [0, 0.1) is 0 Å². The molecule has 0 unspecified atom stereocenters. The highest BCUT2D eigenvalue weighted by molar-refractivity contribution is 7.92. The first kappa shape index (κ1) is 20.2. The van der Waals surface area contributed by atoms with Crippen LogP contribution in [0.15, 0.2) is 83.1 Å². The maximum absolute atomic E-state index is 12.6. The molecule has 8 nitrogen and oxygen atoms in total.